The van der Waals surface area contributed by atoms with Gasteiger partial charge in [0.1, 0.15) is 5.75 Å². The number of hydrogen-bond acceptors (Lipinski definition) is 3. The van der Waals surface area contributed by atoms with Gasteiger partial charge in [-0.05, 0) is 55.8 Å². The third-order valence-electron chi connectivity index (χ3n) is 5.60. The van der Waals surface area contributed by atoms with E-state index >= 15 is 0 Å². The molecule has 1 aromatic rings. The second-order valence-corrected chi connectivity index (χ2v) is 8.00. The summed E-state index contributed by atoms with van der Waals surface area (Å²) < 4.78 is 6.61. The first-order valence-electron chi connectivity index (χ1n) is 8.87. The van der Waals surface area contributed by atoms with Gasteiger partial charge in [-0.15, -0.1) is 0 Å². The Balaban J connectivity index is 1.55. The van der Waals surface area contributed by atoms with Crippen molar-refractivity contribution in [3.63, 3.8) is 0 Å². The van der Waals surface area contributed by atoms with Gasteiger partial charge in [0.25, 0.3) is 0 Å². The number of carbonyl (C=O) groups excluding carboxylic acids is 1. The van der Waals surface area contributed by atoms with E-state index in [1.165, 1.54) is 18.5 Å². The summed E-state index contributed by atoms with van der Waals surface area (Å²) in [6, 6.07) is 6.22. The number of piperidine rings is 1. The van der Waals surface area contributed by atoms with Crippen LogP contribution in [0.4, 0.5) is 0 Å². The van der Waals surface area contributed by atoms with E-state index in [4.69, 9.17) is 4.74 Å². The summed E-state index contributed by atoms with van der Waals surface area (Å²) in [5.74, 6) is 2.74. The van der Waals surface area contributed by atoms with Crippen molar-refractivity contribution in [2.45, 2.75) is 32.7 Å². The lowest BCUT2D eigenvalue weighted by molar-refractivity contribution is -0.130. The molecule has 2 fully saturated rings. The van der Waals surface area contributed by atoms with Gasteiger partial charge in [-0.3, -0.25) is 9.69 Å². The predicted molar refractivity (Wildman–Crippen MR) is 99.1 cm³/mol. The highest BCUT2D eigenvalue weighted by molar-refractivity contribution is 9.10. The van der Waals surface area contributed by atoms with Gasteiger partial charge in [0.15, 0.2) is 0 Å². The quantitative estimate of drug-likeness (QED) is 0.782. The number of nitrogens with zero attached hydrogens (tertiary/aromatic N) is 2. The van der Waals surface area contributed by atoms with Crippen molar-refractivity contribution >= 4 is 21.8 Å². The Bertz CT molecular complexity index is 585. The van der Waals surface area contributed by atoms with Crippen LogP contribution in [0.15, 0.2) is 22.7 Å². The monoisotopic (exact) mass is 394 g/mol. The minimum atomic E-state index is 0.225. The predicted octanol–water partition coefficient (Wildman–Crippen LogP) is 3.54. The van der Waals surface area contributed by atoms with Crippen LogP contribution in [0.2, 0.25) is 0 Å². The van der Waals surface area contributed by atoms with Crippen molar-refractivity contribution in [1.29, 1.82) is 0 Å². The average Bonchev–Trinajstić information content (AvgIpc) is 3.04. The Morgan fingerprint density at radius 2 is 1.92 bits per heavy atom. The van der Waals surface area contributed by atoms with Crippen LogP contribution >= 0.6 is 15.9 Å². The molecule has 0 aromatic heterocycles. The SMILES string of the molecule is COc1ccc(Br)cc1CN1CCC(C2CCN(C(C)=O)CC2)C1. The molecule has 0 N–H and O–H groups in total. The zero-order chi connectivity index (χ0) is 17.1. The van der Waals surface area contributed by atoms with Gasteiger partial charge in [-0.1, -0.05) is 15.9 Å². The van der Waals surface area contributed by atoms with E-state index < -0.39 is 0 Å². The van der Waals surface area contributed by atoms with Crippen LogP contribution in [0, 0.1) is 11.8 Å². The molecule has 0 radical (unpaired) electrons. The molecule has 5 heteroatoms. The first-order chi connectivity index (χ1) is 11.6. The van der Waals surface area contributed by atoms with Crippen LogP contribution in [0.3, 0.4) is 0 Å². The van der Waals surface area contributed by atoms with Crippen LogP contribution in [0.1, 0.15) is 31.7 Å². The number of likely N-dealkylation sites (tertiary alicyclic amines) is 2. The Hall–Kier alpha value is -1.07. The van der Waals surface area contributed by atoms with E-state index in [2.05, 4.69) is 26.9 Å². The standard InChI is InChI=1S/C19H27BrN2O2/c1-14(23)22-9-6-15(7-10-22)16-5-8-21(12-16)13-17-11-18(20)3-4-19(17)24-2/h3-4,11,15-16H,5-10,12-13H2,1-2H3. The van der Waals surface area contributed by atoms with Gasteiger partial charge in [0.05, 0.1) is 7.11 Å². The maximum atomic E-state index is 11.5. The molecule has 132 valence electrons. The van der Waals surface area contributed by atoms with Crippen molar-refractivity contribution in [2.24, 2.45) is 11.8 Å². The van der Waals surface area contributed by atoms with Crippen molar-refractivity contribution in [2.75, 3.05) is 33.3 Å². The number of benzene rings is 1. The van der Waals surface area contributed by atoms with Crippen LogP contribution in [-0.4, -0.2) is 49.0 Å². The molecule has 3 rings (SSSR count). The van der Waals surface area contributed by atoms with E-state index in [1.807, 2.05) is 17.0 Å². The van der Waals surface area contributed by atoms with Crippen molar-refractivity contribution in [1.82, 2.24) is 9.80 Å². The third-order valence-corrected chi connectivity index (χ3v) is 6.09. The van der Waals surface area contributed by atoms with E-state index in [1.54, 1.807) is 14.0 Å². The summed E-state index contributed by atoms with van der Waals surface area (Å²) in [7, 11) is 1.74. The molecule has 24 heavy (non-hydrogen) atoms. The Morgan fingerprint density at radius 3 is 2.58 bits per heavy atom. The van der Waals surface area contributed by atoms with Crippen molar-refractivity contribution in [3.8, 4) is 5.75 Å². The van der Waals surface area contributed by atoms with Crippen LogP contribution in [-0.2, 0) is 11.3 Å². The zero-order valence-corrected chi connectivity index (χ0v) is 16.2. The summed E-state index contributed by atoms with van der Waals surface area (Å²) in [5.41, 5.74) is 1.25. The first kappa shape index (κ1) is 17.7. The number of methoxy groups -OCH3 is 1. The highest BCUT2D eigenvalue weighted by atomic mass is 79.9. The normalized spacial score (nSPS) is 22.8. The molecule has 1 amide bonds. The van der Waals surface area contributed by atoms with Crippen LogP contribution < -0.4 is 4.74 Å². The van der Waals surface area contributed by atoms with Crippen molar-refractivity contribution in [3.05, 3.63) is 28.2 Å². The molecule has 2 saturated heterocycles. The van der Waals surface area contributed by atoms with Crippen molar-refractivity contribution < 1.29 is 9.53 Å². The number of hydrogen-bond donors (Lipinski definition) is 0. The maximum Gasteiger partial charge on any atom is 0.219 e. The van der Waals surface area contributed by atoms with Gasteiger partial charge < -0.3 is 9.64 Å². The lowest BCUT2D eigenvalue weighted by Gasteiger charge is -2.34. The number of halogens is 1. The van der Waals surface area contributed by atoms with Gasteiger partial charge in [-0.2, -0.15) is 0 Å². The molecular weight excluding hydrogens is 368 g/mol. The fourth-order valence-electron chi connectivity index (χ4n) is 4.19. The van der Waals surface area contributed by atoms with E-state index in [0.29, 0.717) is 0 Å². The van der Waals surface area contributed by atoms with Crippen LogP contribution in [0.5, 0.6) is 5.75 Å². The number of carbonyl (C=O) groups is 1. The number of rotatable bonds is 4. The largest absolute Gasteiger partial charge is 0.496 e. The fourth-order valence-corrected chi connectivity index (χ4v) is 4.60. The van der Waals surface area contributed by atoms with Crippen LogP contribution in [0.25, 0.3) is 0 Å². The topological polar surface area (TPSA) is 32.8 Å². The zero-order valence-electron chi connectivity index (χ0n) is 14.6. The molecular formula is C19H27BrN2O2. The molecule has 0 bridgehead atoms. The van der Waals surface area contributed by atoms with E-state index in [0.717, 1.165) is 61.1 Å². The minimum absolute atomic E-state index is 0.225. The highest BCUT2D eigenvalue weighted by Gasteiger charge is 2.32. The Kier molecular flexibility index (Phi) is 5.82. The molecule has 1 atom stereocenters. The summed E-state index contributed by atoms with van der Waals surface area (Å²) in [6.07, 6.45) is 3.61. The molecule has 4 nitrogen and oxygen atoms in total. The summed E-state index contributed by atoms with van der Waals surface area (Å²) in [5, 5.41) is 0. The lowest BCUT2D eigenvalue weighted by atomic mass is 9.84. The first-order valence-corrected chi connectivity index (χ1v) is 9.66. The molecule has 2 aliphatic heterocycles. The van der Waals surface area contributed by atoms with E-state index in [9.17, 15) is 4.79 Å². The molecule has 0 saturated carbocycles. The molecule has 1 unspecified atom stereocenters. The molecule has 2 heterocycles. The molecule has 0 aliphatic carbocycles. The van der Waals surface area contributed by atoms with Gasteiger partial charge in [-0.25, -0.2) is 0 Å². The Morgan fingerprint density at radius 1 is 1.21 bits per heavy atom. The summed E-state index contributed by atoms with van der Waals surface area (Å²) in [6.45, 7) is 6.84. The third kappa shape index (κ3) is 4.12. The van der Waals surface area contributed by atoms with Gasteiger partial charge >= 0.3 is 0 Å². The molecule has 2 aliphatic rings. The maximum absolute atomic E-state index is 11.5. The lowest BCUT2D eigenvalue weighted by Crippen LogP contribution is -2.39. The smallest absolute Gasteiger partial charge is 0.219 e. The highest BCUT2D eigenvalue weighted by Crippen LogP contribution is 2.33. The Labute approximate surface area is 153 Å². The summed E-state index contributed by atoms with van der Waals surface area (Å²) >= 11 is 3.56. The van der Waals surface area contributed by atoms with Gasteiger partial charge in [0.2, 0.25) is 5.91 Å². The minimum Gasteiger partial charge on any atom is -0.496 e. The average molecular weight is 395 g/mol. The number of amides is 1. The fraction of sp³-hybridized carbons (Fsp3) is 0.632. The summed E-state index contributed by atoms with van der Waals surface area (Å²) in [4.78, 5) is 16.0. The molecule has 1 aromatic carbocycles. The second-order valence-electron chi connectivity index (χ2n) is 7.08. The number of ether oxygens (including phenoxy) is 1. The van der Waals surface area contributed by atoms with Gasteiger partial charge in [0, 0.05) is 43.1 Å². The molecule has 0 spiro atoms. The van der Waals surface area contributed by atoms with E-state index in [-0.39, 0.29) is 5.91 Å². The second kappa shape index (κ2) is 7.87.